The van der Waals surface area contributed by atoms with Gasteiger partial charge in [0.25, 0.3) is 5.91 Å². The van der Waals surface area contributed by atoms with Crippen LogP contribution in [-0.4, -0.2) is 18.3 Å². The molecule has 5 heteroatoms. The molecule has 2 nitrogen and oxygen atoms in total. The number of alkyl halides is 1. The molecule has 0 aliphatic carbocycles. The van der Waals surface area contributed by atoms with Crippen LogP contribution < -0.4 is 5.32 Å². The maximum Gasteiger partial charge on any atom is 0.262 e. The second-order valence-electron chi connectivity index (χ2n) is 4.85. The number of rotatable bonds is 5. The van der Waals surface area contributed by atoms with Gasteiger partial charge in [0.15, 0.2) is 0 Å². The van der Waals surface area contributed by atoms with Crippen molar-refractivity contribution >= 4 is 40.4 Å². The summed E-state index contributed by atoms with van der Waals surface area (Å²) < 4.78 is 0. The van der Waals surface area contributed by atoms with Crippen LogP contribution in [0.3, 0.4) is 0 Å². The molecule has 0 spiro atoms. The van der Waals surface area contributed by atoms with Gasteiger partial charge in [0.05, 0.1) is 5.02 Å². The number of thiophene rings is 1. The zero-order valence-electron chi connectivity index (χ0n) is 10.3. The van der Waals surface area contributed by atoms with Gasteiger partial charge in [-0.05, 0) is 29.7 Å². The lowest BCUT2D eigenvalue weighted by molar-refractivity contribution is 0.0940. The summed E-state index contributed by atoms with van der Waals surface area (Å²) in [6.45, 7) is 6.66. The van der Waals surface area contributed by atoms with Crippen molar-refractivity contribution in [2.24, 2.45) is 5.41 Å². The van der Waals surface area contributed by atoms with E-state index >= 15 is 0 Å². The van der Waals surface area contributed by atoms with Crippen molar-refractivity contribution in [2.75, 3.05) is 12.4 Å². The van der Waals surface area contributed by atoms with Crippen LogP contribution in [0.1, 0.15) is 35.5 Å². The molecule has 1 aromatic heterocycles. The van der Waals surface area contributed by atoms with Crippen LogP contribution in [0.25, 0.3) is 0 Å². The Morgan fingerprint density at radius 1 is 1.53 bits per heavy atom. The van der Waals surface area contributed by atoms with Crippen LogP contribution in [0.15, 0.2) is 5.38 Å². The van der Waals surface area contributed by atoms with E-state index in [-0.39, 0.29) is 11.3 Å². The molecule has 0 aliphatic heterocycles. The number of nitrogens with one attached hydrogen (secondary N) is 1. The maximum atomic E-state index is 11.9. The van der Waals surface area contributed by atoms with Crippen LogP contribution in [0.4, 0.5) is 0 Å². The van der Waals surface area contributed by atoms with Crippen LogP contribution in [0.5, 0.6) is 0 Å². The second kappa shape index (κ2) is 6.07. The molecule has 1 N–H and O–H groups in total. The first-order valence-corrected chi connectivity index (χ1v) is 7.24. The highest BCUT2D eigenvalue weighted by Crippen LogP contribution is 2.27. The minimum Gasteiger partial charge on any atom is -0.351 e. The smallest absolute Gasteiger partial charge is 0.262 e. The Morgan fingerprint density at radius 2 is 2.18 bits per heavy atom. The predicted octanol–water partition coefficient (Wildman–Crippen LogP) is 4.09. The number of carbonyl (C=O) groups excluding carboxylic acids is 1. The standard InChI is InChI=1S/C12H17Cl2NOS/c1-8-6-17-10(9(8)14)11(16)15-7-12(2,3)4-5-13/h6H,4-5,7H2,1-3H3,(H,15,16). The molecule has 0 fully saturated rings. The molecule has 17 heavy (non-hydrogen) atoms. The lowest BCUT2D eigenvalue weighted by Gasteiger charge is -2.23. The highest BCUT2D eigenvalue weighted by Gasteiger charge is 2.20. The Kier molecular flexibility index (Phi) is 5.29. The first-order chi connectivity index (χ1) is 7.87. The minimum absolute atomic E-state index is 0.0101. The average Bonchev–Trinajstić information content (AvgIpc) is 2.57. The van der Waals surface area contributed by atoms with E-state index in [2.05, 4.69) is 19.2 Å². The lowest BCUT2D eigenvalue weighted by Crippen LogP contribution is -2.34. The number of carbonyl (C=O) groups is 1. The summed E-state index contributed by atoms with van der Waals surface area (Å²) in [5.41, 5.74) is 0.956. The second-order valence-corrected chi connectivity index (χ2v) is 6.48. The molecule has 0 atom stereocenters. The summed E-state index contributed by atoms with van der Waals surface area (Å²) in [4.78, 5) is 12.5. The molecule has 1 aromatic rings. The van der Waals surface area contributed by atoms with Crippen molar-refractivity contribution in [1.29, 1.82) is 0 Å². The van der Waals surface area contributed by atoms with E-state index in [1.165, 1.54) is 11.3 Å². The highest BCUT2D eigenvalue weighted by molar-refractivity contribution is 7.13. The molecule has 0 bridgehead atoms. The summed E-state index contributed by atoms with van der Waals surface area (Å²) in [6.07, 6.45) is 0.867. The zero-order valence-corrected chi connectivity index (χ0v) is 12.6. The molecule has 0 saturated heterocycles. The van der Waals surface area contributed by atoms with Gasteiger partial charge in [0, 0.05) is 12.4 Å². The Labute approximate surface area is 116 Å². The van der Waals surface area contributed by atoms with Gasteiger partial charge in [-0.3, -0.25) is 4.79 Å². The van der Waals surface area contributed by atoms with E-state index in [1.807, 2.05) is 12.3 Å². The number of amides is 1. The average molecular weight is 294 g/mol. The highest BCUT2D eigenvalue weighted by atomic mass is 35.5. The third-order valence-corrected chi connectivity index (χ3v) is 4.49. The first-order valence-electron chi connectivity index (χ1n) is 5.45. The molecule has 0 aromatic carbocycles. The first kappa shape index (κ1) is 14.8. The summed E-state index contributed by atoms with van der Waals surface area (Å²) in [5, 5.41) is 5.35. The Bertz CT molecular complexity index is 401. The fourth-order valence-electron chi connectivity index (χ4n) is 1.33. The van der Waals surface area contributed by atoms with Gasteiger partial charge >= 0.3 is 0 Å². The van der Waals surface area contributed by atoms with E-state index in [1.54, 1.807) is 0 Å². The largest absolute Gasteiger partial charge is 0.351 e. The van der Waals surface area contributed by atoms with Gasteiger partial charge in [-0.2, -0.15) is 0 Å². The number of hydrogen-bond donors (Lipinski definition) is 1. The van der Waals surface area contributed by atoms with Gasteiger partial charge in [-0.15, -0.1) is 22.9 Å². The minimum atomic E-state index is -0.101. The molecule has 1 rings (SSSR count). The SMILES string of the molecule is Cc1csc(C(=O)NCC(C)(C)CCCl)c1Cl. The molecular weight excluding hydrogens is 277 g/mol. The van der Waals surface area contributed by atoms with Crippen LogP contribution >= 0.6 is 34.5 Å². The van der Waals surface area contributed by atoms with E-state index in [4.69, 9.17) is 23.2 Å². The molecular formula is C12H17Cl2NOS. The van der Waals surface area contributed by atoms with Crippen molar-refractivity contribution in [2.45, 2.75) is 27.2 Å². The monoisotopic (exact) mass is 293 g/mol. The van der Waals surface area contributed by atoms with E-state index in [0.717, 1.165) is 12.0 Å². The van der Waals surface area contributed by atoms with Crippen molar-refractivity contribution in [3.8, 4) is 0 Å². The van der Waals surface area contributed by atoms with E-state index in [9.17, 15) is 4.79 Å². The number of halogens is 2. The third-order valence-electron chi connectivity index (χ3n) is 2.60. The Balaban J connectivity index is 2.59. The third kappa shape index (κ3) is 4.16. The Morgan fingerprint density at radius 3 is 2.65 bits per heavy atom. The van der Waals surface area contributed by atoms with E-state index < -0.39 is 0 Å². The van der Waals surface area contributed by atoms with Gasteiger partial charge in [0.2, 0.25) is 0 Å². The van der Waals surface area contributed by atoms with E-state index in [0.29, 0.717) is 22.3 Å². The fraction of sp³-hybridized carbons (Fsp3) is 0.583. The van der Waals surface area contributed by atoms with Crippen LogP contribution in [-0.2, 0) is 0 Å². The summed E-state index contributed by atoms with van der Waals surface area (Å²) >= 11 is 13.1. The van der Waals surface area contributed by atoms with Gasteiger partial charge < -0.3 is 5.32 Å². The van der Waals surface area contributed by atoms with Crippen molar-refractivity contribution in [3.63, 3.8) is 0 Å². The normalized spacial score (nSPS) is 11.6. The summed E-state index contributed by atoms with van der Waals surface area (Å²) in [6, 6.07) is 0. The van der Waals surface area contributed by atoms with Gasteiger partial charge in [-0.25, -0.2) is 0 Å². The Hall–Kier alpha value is -0.250. The molecule has 1 heterocycles. The molecule has 96 valence electrons. The van der Waals surface area contributed by atoms with Crippen LogP contribution in [0, 0.1) is 12.3 Å². The van der Waals surface area contributed by atoms with Crippen molar-refractivity contribution in [3.05, 3.63) is 20.8 Å². The number of hydrogen-bond acceptors (Lipinski definition) is 2. The van der Waals surface area contributed by atoms with Crippen LogP contribution in [0.2, 0.25) is 5.02 Å². The van der Waals surface area contributed by atoms with Crippen molar-refractivity contribution < 1.29 is 4.79 Å². The fourth-order valence-corrected chi connectivity index (χ4v) is 3.03. The lowest BCUT2D eigenvalue weighted by atomic mass is 9.90. The zero-order chi connectivity index (χ0) is 13.1. The van der Waals surface area contributed by atoms with Gasteiger partial charge in [-0.1, -0.05) is 25.4 Å². The molecule has 0 unspecified atom stereocenters. The molecule has 0 saturated carbocycles. The van der Waals surface area contributed by atoms with Gasteiger partial charge in [0.1, 0.15) is 4.88 Å². The maximum absolute atomic E-state index is 11.9. The van der Waals surface area contributed by atoms with Crippen molar-refractivity contribution in [1.82, 2.24) is 5.32 Å². The quantitative estimate of drug-likeness (QED) is 0.814. The predicted molar refractivity (Wildman–Crippen MR) is 75.5 cm³/mol. The topological polar surface area (TPSA) is 29.1 Å². The summed E-state index contributed by atoms with van der Waals surface area (Å²) in [5.74, 6) is 0.498. The molecule has 0 aliphatic rings. The molecule has 1 amide bonds. The molecule has 0 radical (unpaired) electrons. The number of aryl methyl sites for hydroxylation is 1. The summed E-state index contributed by atoms with van der Waals surface area (Å²) in [7, 11) is 0.